The third kappa shape index (κ3) is 3.13. The Morgan fingerprint density at radius 2 is 1.68 bits per heavy atom. The second kappa shape index (κ2) is 6.62. The van der Waals surface area contributed by atoms with Gasteiger partial charge >= 0.3 is 6.09 Å². The summed E-state index contributed by atoms with van der Waals surface area (Å²) in [5.41, 5.74) is 5.69. The summed E-state index contributed by atoms with van der Waals surface area (Å²) in [7, 11) is 0. The molecule has 2 aromatic carbocycles. The highest BCUT2D eigenvalue weighted by Crippen LogP contribution is 2.53. The van der Waals surface area contributed by atoms with Crippen LogP contribution in [0.25, 0.3) is 11.3 Å². The standard InChI is InChI=1S/C24H25NO3/c1-15(26)13-20-18-11-7-8-12-19(18)22-21(20)17-10-6-5-9-16(17)14-25(22)23(27)28-24(2,3)4/h5-12,20H,13-14H2,1-4H3. The highest BCUT2D eigenvalue weighted by molar-refractivity contribution is 6.05. The lowest BCUT2D eigenvalue weighted by atomic mass is 9.84. The SMILES string of the molecule is CC(=O)CC1C2=C(c3ccccc31)N(C(=O)OC(C)(C)C)Cc1ccccc12. The van der Waals surface area contributed by atoms with Crippen molar-refractivity contribution in [3.05, 3.63) is 70.8 Å². The van der Waals surface area contributed by atoms with E-state index in [0.717, 1.165) is 33.5 Å². The largest absolute Gasteiger partial charge is 0.443 e. The first kappa shape index (κ1) is 18.5. The van der Waals surface area contributed by atoms with Crippen molar-refractivity contribution in [3.8, 4) is 0 Å². The number of hydrogen-bond donors (Lipinski definition) is 0. The molecule has 0 N–H and O–H groups in total. The number of ether oxygens (including phenoxy) is 1. The Labute approximate surface area is 165 Å². The van der Waals surface area contributed by atoms with E-state index in [4.69, 9.17) is 4.74 Å². The second-order valence-corrected chi connectivity index (χ2v) is 8.53. The van der Waals surface area contributed by atoms with Gasteiger partial charge in [0.25, 0.3) is 0 Å². The Morgan fingerprint density at radius 3 is 2.36 bits per heavy atom. The van der Waals surface area contributed by atoms with E-state index in [2.05, 4.69) is 12.1 Å². The molecule has 0 saturated heterocycles. The van der Waals surface area contributed by atoms with E-state index in [1.54, 1.807) is 11.8 Å². The maximum Gasteiger partial charge on any atom is 0.415 e. The number of rotatable bonds is 2. The van der Waals surface area contributed by atoms with Crippen molar-refractivity contribution >= 4 is 23.1 Å². The zero-order chi connectivity index (χ0) is 20.1. The van der Waals surface area contributed by atoms with Crippen molar-refractivity contribution in [2.24, 2.45) is 0 Å². The fraction of sp³-hybridized carbons (Fsp3) is 0.333. The number of nitrogens with zero attached hydrogens (tertiary/aromatic N) is 1. The number of ketones is 1. The average Bonchev–Trinajstić information content (AvgIpc) is 2.94. The van der Waals surface area contributed by atoms with Gasteiger partial charge in [0.2, 0.25) is 0 Å². The summed E-state index contributed by atoms with van der Waals surface area (Å²) in [6, 6.07) is 16.2. The predicted molar refractivity (Wildman–Crippen MR) is 110 cm³/mol. The molecule has 0 aromatic heterocycles. The smallest absolute Gasteiger partial charge is 0.415 e. The maximum atomic E-state index is 13.1. The molecule has 4 rings (SSSR count). The number of carbonyl (C=O) groups excluding carboxylic acids is 2. The molecular weight excluding hydrogens is 350 g/mol. The zero-order valence-corrected chi connectivity index (χ0v) is 16.8. The lowest BCUT2D eigenvalue weighted by molar-refractivity contribution is -0.117. The molecular formula is C24H25NO3. The zero-order valence-electron chi connectivity index (χ0n) is 16.8. The molecule has 0 fully saturated rings. The van der Waals surface area contributed by atoms with Gasteiger partial charge in [-0.2, -0.15) is 0 Å². The van der Waals surface area contributed by atoms with E-state index >= 15 is 0 Å². The molecule has 0 radical (unpaired) electrons. The van der Waals surface area contributed by atoms with Crippen molar-refractivity contribution in [1.29, 1.82) is 0 Å². The van der Waals surface area contributed by atoms with E-state index in [-0.39, 0.29) is 17.8 Å². The van der Waals surface area contributed by atoms with Crippen LogP contribution < -0.4 is 0 Å². The topological polar surface area (TPSA) is 46.6 Å². The van der Waals surface area contributed by atoms with Gasteiger partial charge in [0.1, 0.15) is 11.4 Å². The molecule has 1 amide bonds. The third-order valence-electron chi connectivity index (χ3n) is 5.21. The fourth-order valence-corrected chi connectivity index (χ4v) is 4.23. The minimum atomic E-state index is -0.578. The van der Waals surface area contributed by atoms with Gasteiger partial charge in [-0.3, -0.25) is 9.69 Å². The van der Waals surface area contributed by atoms with Gasteiger partial charge in [0, 0.05) is 17.9 Å². The van der Waals surface area contributed by atoms with Crippen molar-refractivity contribution < 1.29 is 14.3 Å². The summed E-state index contributed by atoms with van der Waals surface area (Å²) >= 11 is 0. The maximum absolute atomic E-state index is 13.1. The van der Waals surface area contributed by atoms with Crippen molar-refractivity contribution in [3.63, 3.8) is 0 Å². The summed E-state index contributed by atoms with van der Waals surface area (Å²) in [6.45, 7) is 7.71. The summed E-state index contributed by atoms with van der Waals surface area (Å²) in [4.78, 5) is 26.9. The van der Waals surface area contributed by atoms with Crippen LogP contribution in [0, 0.1) is 0 Å². The normalized spacial score (nSPS) is 17.7. The van der Waals surface area contributed by atoms with Crippen LogP contribution in [-0.2, 0) is 16.1 Å². The fourth-order valence-electron chi connectivity index (χ4n) is 4.23. The van der Waals surface area contributed by atoms with Gasteiger partial charge in [-0.05, 0) is 50.0 Å². The molecule has 1 heterocycles. The molecule has 1 atom stereocenters. The number of allylic oxidation sites excluding steroid dienone is 1. The first-order chi connectivity index (χ1) is 13.3. The summed E-state index contributed by atoms with van der Waals surface area (Å²) in [6.07, 6.45) is 0.0690. The summed E-state index contributed by atoms with van der Waals surface area (Å²) < 4.78 is 5.72. The number of Topliss-reactive ketones (excluding diaryl/α,β-unsaturated/α-hetero) is 1. The van der Waals surface area contributed by atoms with Crippen LogP contribution in [0.15, 0.2) is 48.5 Å². The van der Waals surface area contributed by atoms with Gasteiger partial charge in [-0.25, -0.2) is 4.79 Å². The van der Waals surface area contributed by atoms with E-state index in [0.29, 0.717) is 13.0 Å². The quantitative estimate of drug-likeness (QED) is 0.708. The Balaban J connectivity index is 1.92. The molecule has 2 aliphatic rings. The van der Waals surface area contributed by atoms with Crippen LogP contribution in [0.5, 0.6) is 0 Å². The molecule has 0 saturated carbocycles. The molecule has 1 unspecified atom stereocenters. The van der Waals surface area contributed by atoms with Crippen molar-refractivity contribution in [1.82, 2.24) is 4.90 Å². The Bertz CT molecular complexity index is 997. The van der Waals surface area contributed by atoms with Crippen LogP contribution in [0.1, 0.15) is 62.3 Å². The number of hydrogen-bond acceptors (Lipinski definition) is 3. The predicted octanol–water partition coefficient (Wildman–Crippen LogP) is 5.38. The highest BCUT2D eigenvalue weighted by Gasteiger charge is 2.41. The van der Waals surface area contributed by atoms with Crippen LogP contribution in [0.4, 0.5) is 4.79 Å². The molecule has 1 aliphatic carbocycles. The Kier molecular flexibility index (Phi) is 4.37. The van der Waals surface area contributed by atoms with Gasteiger partial charge < -0.3 is 4.74 Å². The molecule has 1 aliphatic heterocycles. The molecule has 0 spiro atoms. The number of fused-ring (bicyclic) bond motifs is 4. The number of amides is 1. The van der Waals surface area contributed by atoms with Crippen molar-refractivity contribution in [2.75, 3.05) is 0 Å². The lowest BCUT2D eigenvalue weighted by Gasteiger charge is -2.33. The summed E-state index contributed by atoms with van der Waals surface area (Å²) in [5.74, 6) is 0.0931. The molecule has 4 heteroatoms. The average molecular weight is 375 g/mol. The molecule has 0 bridgehead atoms. The van der Waals surface area contributed by atoms with Gasteiger partial charge in [-0.15, -0.1) is 0 Å². The van der Waals surface area contributed by atoms with E-state index in [1.165, 1.54) is 0 Å². The highest BCUT2D eigenvalue weighted by atomic mass is 16.6. The van der Waals surface area contributed by atoms with Crippen LogP contribution in [-0.4, -0.2) is 22.4 Å². The second-order valence-electron chi connectivity index (χ2n) is 8.53. The van der Waals surface area contributed by atoms with Gasteiger partial charge in [-0.1, -0.05) is 48.5 Å². The van der Waals surface area contributed by atoms with Crippen LogP contribution in [0.2, 0.25) is 0 Å². The van der Waals surface area contributed by atoms with E-state index in [1.807, 2.05) is 57.2 Å². The van der Waals surface area contributed by atoms with Gasteiger partial charge in [0.05, 0.1) is 12.2 Å². The van der Waals surface area contributed by atoms with Crippen LogP contribution >= 0.6 is 0 Å². The minimum absolute atomic E-state index is 0.0462. The molecule has 28 heavy (non-hydrogen) atoms. The van der Waals surface area contributed by atoms with Crippen LogP contribution in [0.3, 0.4) is 0 Å². The Hall–Kier alpha value is -2.88. The number of benzene rings is 2. The van der Waals surface area contributed by atoms with Gasteiger partial charge in [0.15, 0.2) is 0 Å². The minimum Gasteiger partial charge on any atom is -0.443 e. The molecule has 4 nitrogen and oxygen atoms in total. The molecule has 144 valence electrons. The lowest BCUT2D eigenvalue weighted by Crippen LogP contribution is -2.37. The Morgan fingerprint density at radius 1 is 1.04 bits per heavy atom. The first-order valence-electron chi connectivity index (χ1n) is 9.68. The molecule has 2 aromatic rings. The van der Waals surface area contributed by atoms with E-state index < -0.39 is 5.60 Å². The first-order valence-corrected chi connectivity index (χ1v) is 9.68. The van der Waals surface area contributed by atoms with E-state index in [9.17, 15) is 9.59 Å². The number of carbonyl (C=O) groups is 2. The third-order valence-corrected chi connectivity index (χ3v) is 5.21. The summed E-state index contributed by atoms with van der Waals surface area (Å²) in [5, 5.41) is 0. The monoisotopic (exact) mass is 375 g/mol. The van der Waals surface area contributed by atoms with Crippen molar-refractivity contribution in [2.45, 2.75) is 52.2 Å².